The van der Waals surface area contributed by atoms with Crippen molar-refractivity contribution in [2.24, 2.45) is 5.73 Å². The standard InChI is InChI=1S/C22H29BrN2O4/c1-14(19(9-10-20(24)26)25-21(27)29-22(2,3)4)28-13-15-5-6-17-12-18(23)8-7-16(17)11-15/h5-8,11-12,14,19H,9-10,13H2,1-4H3,(H2,24,26)(H,25,27)/t14-,19+/m1/s1. The highest BCUT2D eigenvalue weighted by molar-refractivity contribution is 9.10. The van der Waals surface area contributed by atoms with Gasteiger partial charge < -0.3 is 20.5 Å². The van der Waals surface area contributed by atoms with Crippen LogP contribution < -0.4 is 11.1 Å². The molecule has 0 aliphatic rings. The highest BCUT2D eigenvalue weighted by Gasteiger charge is 2.24. The number of alkyl carbamates (subject to hydrolysis) is 1. The molecule has 2 rings (SSSR count). The van der Waals surface area contributed by atoms with Gasteiger partial charge in [0.05, 0.1) is 18.8 Å². The fraction of sp³-hybridized carbons (Fsp3) is 0.455. The molecule has 0 spiro atoms. The van der Waals surface area contributed by atoms with E-state index in [4.69, 9.17) is 15.2 Å². The van der Waals surface area contributed by atoms with Crippen molar-refractivity contribution in [1.29, 1.82) is 0 Å². The first-order valence-corrected chi connectivity index (χ1v) is 10.4. The highest BCUT2D eigenvalue weighted by atomic mass is 79.9. The van der Waals surface area contributed by atoms with E-state index in [1.807, 2.05) is 31.2 Å². The van der Waals surface area contributed by atoms with Crippen molar-refractivity contribution in [3.05, 3.63) is 46.4 Å². The number of benzene rings is 2. The first-order valence-electron chi connectivity index (χ1n) is 9.61. The van der Waals surface area contributed by atoms with Crippen LogP contribution in [0.1, 0.15) is 46.1 Å². The molecule has 0 heterocycles. The van der Waals surface area contributed by atoms with Gasteiger partial charge >= 0.3 is 6.09 Å². The second kappa shape index (κ2) is 10.1. The fourth-order valence-electron chi connectivity index (χ4n) is 2.88. The summed E-state index contributed by atoms with van der Waals surface area (Å²) in [5.74, 6) is -0.422. The molecular formula is C22H29BrN2O4. The molecule has 0 aromatic heterocycles. The van der Waals surface area contributed by atoms with Gasteiger partial charge in [-0.1, -0.05) is 34.1 Å². The first kappa shape index (κ1) is 23.2. The summed E-state index contributed by atoms with van der Waals surface area (Å²) in [6.07, 6.45) is -0.346. The molecule has 29 heavy (non-hydrogen) atoms. The number of amides is 2. The molecule has 0 radical (unpaired) electrons. The molecule has 2 aromatic rings. The Morgan fingerprint density at radius 2 is 1.79 bits per heavy atom. The predicted molar refractivity (Wildman–Crippen MR) is 117 cm³/mol. The van der Waals surface area contributed by atoms with Crippen molar-refractivity contribution in [3.63, 3.8) is 0 Å². The van der Waals surface area contributed by atoms with Crippen molar-refractivity contribution in [3.8, 4) is 0 Å². The third-order valence-corrected chi connectivity index (χ3v) is 4.84. The van der Waals surface area contributed by atoms with E-state index >= 15 is 0 Å². The molecule has 3 N–H and O–H groups in total. The van der Waals surface area contributed by atoms with Crippen LogP contribution in [0.25, 0.3) is 10.8 Å². The van der Waals surface area contributed by atoms with Crippen molar-refractivity contribution in [1.82, 2.24) is 5.32 Å². The van der Waals surface area contributed by atoms with Crippen LogP contribution in [0.5, 0.6) is 0 Å². The SMILES string of the molecule is C[C@@H](OCc1ccc2cc(Br)ccc2c1)[C@H](CCC(N)=O)NC(=O)OC(C)(C)C. The molecule has 0 unspecified atom stereocenters. The van der Waals surface area contributed by atoms with Crippen LogP contribution in [0.2, 0.25) is 0 Å². The summed E-state index contributed by atoms with van der Waals surface area (Å²) in [5.41, 5.74) is 5.69. The van der Waals surface area contributed by atoms with Gasteiger partial charge in [-0.25, -0.2) is 4.79 Å². The maximum absolute atomic E-state index is 12.2. The zero-order chi connectivity index (χ0) is 21.6. The number of carbonyl (C=O) groups excluding carboxylic acids is 2. The lowest BCUT2D eigenvalue weighted by atomic mass is 10.1. The fourth-order valence-corrected chi connectivity index (χ4v) is 3.26. The summed E-state index contributed by atoms with van der Waals surface area (Å²) < 4.78 is 12.3. The topological polar surface area (TPSA) is 90.6 Å². The molecule has 0 saturated heterocycles. The van der Waals surface area contributed by atoms with Gasteiger partial charge in [0.15, 0.2) is 0 Å². The van der Waals surface area contributed by atoms with E-state index in [2.05, 4.69) is 33.4 Å². The number of fused-ring (bicyclic) bond motifs is 1. The van der Waals surface area contributed by atoms with Crippen LogP contribution in [0.15, 0.2) is 40.9 Å². The molecule has 0 aliphatic heterocycles. The average molecular weight is 465 g/mol. The largest absolute Gasteiger partial charge is 0.444 e. The summed E-state index contributed by atoms with van der Waals surface area (Å²) in [6.45, 7) is 7.63. The number of hydrogen-bond donors (Lipinski definition) is 2. The Labute approximate surface area is 180 Å². The molecule has 2 atom stereocenters. The third kappa shape index (κ3) is 8.03. The minimum atomic E-state index is -0.609. The van der Waals surface area contributed by atoms with Crippen molar-refractivity contribution >= 4 is 38.7 Å². The number of nitrogens with two attached hydrogens (primary N) is 1. The second-order valence-corrected chi connectivity index (χ2v) is 9.02. The van der Waals surface area contributed by atoms with Crippen molar-refractivity contribution in [2.75, 3.05) is 0 Å². The van der Waals surface area contributed by atoms with Gasteiger partial charge in [-0.2, -0.15) is 0 Å². The van der Waals surface area contributed by atoms with Crippen LogP contribution in [-0.4, -0.2) is 29.7 Å². The molecule has 158 valence electrons. The molecule has 2 aromatic carbocycles. The van der Waals surface area contributed by atoms with Crippen LogP contribution in [0.4, 0.5) is 4.79 Å². The van der Waals surface area contributed by atoms with E-state index in [9.17, 15) is 9.59 Å². The summed E-state index contributed by atoms with van der Waals surface area (Å²) in [5, 5.41) is 5.07. The van der Waals surface area contributed by atoms with Crippen molar-refractivity contribution in [2.45, 2.75) is 64.9 Å². The first-order chi connectivity index (χ1) is 13.5. The number of carbonyl (C=O) groups is 2. The van der Waals surface area contributed by atoms with Crippen LogP contribution in [0.3, 0.4) is 0 Å². The normalized spacial score (nSPS) is 13.7. The zero-order valence-corrected chi connectivity index (χ0v) is 18.9. The zero-order valence-electron chi connectivity index (χ0n) is 17.3. The lowest BCUT2D eigenvalue weighted by molar-refractivity contribution is -0.118. The van der Waals surface area contributed by atoms with E-state index in [1.165, 1.54) is 0 Å². The number of primary amides is 1. The van der Waals surface area contributed by atoms with Crippen LogP contribution >= 0.6 is 15.9 Å². The Hall–Kier alpha value is -2.12. The molecular weight excluding hydrogens is 436 g/mol. The van der Waals surface area contributed by atoms with E-state index in [0.29, 0.717) is 13.0 Å². The van der Waals surface area contributed by atoms with Gasteiger partial charge in [-0.05, 0) is 68.7 Å². The van der Waals surface area contributed by atoms with E-state index in [0.717, 1.165) is 20.8 Å². The van der Waals surface area contributed by atoms with Gasteiger partial charge in [-0.15, -0.1) is 0 Å². The lowest BCUT2D eigenvalue weighted by Crippen LogP contribution is -2.45. The quantitative estimate of drug-likeness (QED) is 0.593. The van der Waals surface area contributed by atoms with Gasteiger partial charge in [0, 0.05) is 10.9 Å². The monoisotopic (exact) mass is 464 g/mol. The number of rotatable bonds is 8. The Morgan fingerprint density at radius 3 is 2.45 bits per heavy atom. The van der Waals surface area contributed by atoms with Crippen LogP contribution in [-0.2, 0) is 20.9 Å². The van der Waals surface area contributed by atoms with E-state index in [-0.39, 0.29) is 12.5 Å². The maximum atomic E-state index is 12.2. The molecule has 7 heteroatoms. The Morgan fingerprint density at radius 1 is 1.14 bits per heavy atom. The summed E-state index contributed by atoms with van der Waals surface area (Å²) in [6, 6.07) is 11.9. The van der Waals surface area contributed by atoms with Gasteiger partial charge in [-0.3, -0.25) is 4.79 Å². The summed E-state index contributed by atoms with van der Waals surface area (Å²) >= 11 is 3.48. The average Bonchev–Trinajstić information content (AvgIpc) is 2.61. The van der Waals surface area contributed by atoms with Crippen molar-refractivity contribution < 1.29 is 19.1 Å². The van der Waals surface area contributed by atoms with Crippen LogP contribution in [0, 0.1) is 0 Å². The Kier molecular flexibility index (Phi) is 8.05. The minimum Gasteiger partial charge on any atom is -0.444 e. The summed E-state index contributed by atoms with van der Waals surface area (Å²) in [4.78, 5) is 23.4. The van der Waals surface area contributed by atoms with Gasteiger partial charge in [0.1, 0.15) is 5.60 Å². The third-order valence-electron chi connectivity index (χ3n) is 4.35. The smallest absolute Gasteiger partial charge is 0.407 e. The number of hydrogen-bond acceptors (Lipinski definition) is 4. The molecule has 0 bridgehead atoms. The maximum Gasteiger partial charge on any atom is 0.407 e. The van der Waals surface area contributed by atoms with Gasteiger partial charge in [0.25, 0.3) is 0 Å². The predicted octanol–water partition coefficient (Wildman–Crippen LogP) is 4.67. The molecule has 2 amide bonds. The molecule has 0 saturated carbocycles. The minimum absolute atomic E-state index is 0.152. The van der Waals surface area contributed by atoms with Gasteiger partial charge in [0.2, 0.25) is 5.91 Å². The Balaban J connectivity index is 2.01. The lowest BCUT2D eigenvalue weighted by Gasteiger charge is -2.27. The highest BCUT2D eigenvalue weighted by Crippen LogP contribution is 2.22. The molecule has 0 aliphatic carbocycles. The number of ether oxygens (including phenoxy) is 2. The Bertz CT molecular complexity index is 864. The molecule has 0 fully saturated rings. The van der Waals surface area contributed by atoms with E-state index < -0.39 is 23.6 Å². The second-order valence-electron chi connectivity index (χ2n) is 8.10. The number of nitrogens with one attached hydrogen (secondary N) is 1. The summed E-state index contributed by atoms with van der Waals surface area (Å²) in [7, 11) is 0. The molecule has 6 nitrogen and oxygen atoms in total. The van der Waals surface area contributed by atoms with E-state index in [1.54, 1.807) is 20.8 Å². The number of halogens is 1.